The van der Waals surface area contributed by atoms with Crippen molar-refractivity contribution in [3.8, 4) is 0 Å². The van der Waals surface area contributed by atoms with Gasteiger partial charge in [0.05, 0.1) is 0 Å². The van der Waals surface area contributed by atoms with Gasteiger partial charge in [0.2, 0.25) is 0 Å². The highest BCUT2D eigenvalue weighted by Crippen LogP contribution is 2.28. The molecular weight excluding hydrogens is 210 g/mol. The molecule has 1 saturated carbocycles. The molecule has 1 aliphatic carbocycles. The molecule has 2 nitrogen and oxygen atoms in total. The molecule has 3 rings (SSSR count). The molecule has 0 radical (unpaired) electrons. The predicted octanol–water partition coefficient (Wildman–Crippen LogP) is 3.22. The van der Waals surface area contributed by atoms with Crippen LogP contribution in [0.4, 0.5) is 0 Å². The Balaban J connectivity index is 1.69. The van der Waals surface area contributed by atoms with Crippen LogP contribution in [0.15, 0.2) is 24.3 Å². The Kier molecular flexibility index (Phi) is 2.87. The molecule has 0 aromatic heterocycles. The van der Waals surface area contributed by atoms with Gasteiger partial charge in [-0.1, -0.05) is 37.5 Å². The van der Waals surface area contributed by atoms with E-state index in [9.17, 15) is 4.79 Å². The second kappa shape index (κ2) is 4.52. The number of amides is 1. The van der Waals surface area contributed by atoms with Gasteiger partial charge < -0.3 is 4.90 Å². The second-order valence-electron chi connectivity index (χ2n) is 5.35. The van der Waals surface area contributed by atoms with E-state index in [4.69, 9.17) is 0 Å². The van der Waals surface area contributed by atoms with Crippen LogP contribution in [0.25, 0.3) is 0 Å². The molecule has 1 heterocycles. The van der Waals surface area contributed by atoms with Gasteiger partial charge in [-0.05, 0) is 30.4 Å². The molecular formula is C15H19NO. The number of nitrogens with zero attached hydrogens (tertiary/aromatic N) is 1. The van der Waals surface area contributed by atoms with Crippen LogP contribution in [0.1, 0.15) is 48.0 Å². The third kappa shape index (κ3) is 2.08. The summed E-state index contributed by atoms with van der Waals surface area (Å²) < 4.78 is 0. The van der Waals surface area contributed by atoms with E-state index in [0.29, 0.717) is 0 Å². The van der Waals surface area contributed by atoms with Gasteiger partial charge in [0.25, 0.3) is 5.91 Å². The zero-order valence-electron chi connectivity index (χ0n) is 10.2. The molecule has 1 aromatic carbocycles. The lowest BCUT2D eigenvalue weighted by molar-refractivity contribution is 0.0738. The fraction of sp³-hybridized carbons (Fsp3) is 0.533. The maximum absolute atomic E-state index is 12.2. The average Bonchev–Trinajstić information content (AvgIpc) is 2.68. The Morgan fingerprint density at radius 1 is 1.12 bits per heavy atom. The van der Waals surface area contributed by atoms with E-state index in [1.54, 1.807) is 0 Å². The fourth-order valence-corrected chi connectivity index (χ4v) is 3.14. The third-order valence-corrected chi connectivity index (χ3v) is 4.10. The SMILES string of the molecule is O=C1c2ccccc2CN1CC1CCCCC1. The van der Waals surface area contributed by atoms with Crippen LogP contribution < -0.4 is 0 Å². The van der Waals surface area contributed by atoms with Gasteiger partial charge in [-0.15, -0.1) is 0 Å². The summed E-state index contributed by atoms with van der Waals surface area (Å²) in [6, 6.07) is 8.02. The number of carbonyl (C=O) groups excluding carboxylic acids is 1. The minimum absolute atomic E-state index is 0.242. The Labute approximate surface area is 103 Å². The van der Waals surface area contributed by atoms with Crippen molar-refractivity contribution in [1.82, 2.24) is 4.90 Å². The lowest BCUT2D eigenvalue weighted by Crippen LogP contribution is -2.30. The first-order valence-electron chi connectivity index (χ1n) is 6.72. The van der Waals surface area contributed by atoms with E-state index < -0.39 is 0 Å². The number of benzene rings is 1. The minimum atomic E-state index is 0.242. The summed E-state index contributed by atoms with van der Waals surface area (Å²) >= 11 is 0. The summed E-state index contributed by atoms with van der Waals surface area (Å²) in [6.45, 7) is 1.79. The number of carbonyl (C=O) groups is 1. The van der Waals surface area contributed by atoms with Crippen LogP contribution in [0, 0.1) is 5.92 Å². The Morgan fingerprint density at radius 3 is 2.65 bits per heavy atom. The maximum atomic E-state index is 12.2. The summed E-state index contributed by atoms with van der Waals surface area (Å²) in [5, 5.41) is 0. The molecule has 0 N–H and O–H groups in total. The van der Waals surface area contributed by atoms with E-state index in [2.05, 4.69) is 6.07 Å². The highest BCUT2D eigenvalue weighted by atomic mass is 16.2. The van der Waals surface area contributed by atoms with Gasteiger partial charge in [-0.3, -0.25) is 4.79 Å². The zero-order chi connectivity index (χ0) is 11.7. The average molecular weight is 229 g/mol. The molecule has 0 saturated heterocycles. The maximum Gasteiger partial charge on any atom is 0.254 e. The molecule has 1 aliphatic heterocycles. The lowest BCUT2D eigenvalue weighted by atomic mass is 9.89. The Bertz CT molecular complexity index is 421. The summed E-state index contributed by atoms with van der Waals surface area (Å²) in [4.78, 5) is 14.2. The highest BCUT2D eigenvalue weighted by Gasteiger charge is 2.28. The number of hydrogen-bond acceptors (Lipinski definition) is 1. The van der Waals surface area contributed by atoms with Crippen molar-refractivity contribution in [2.45, 2.75) is 38.6 Å². The molecule has 0 spiro atoms. The fourth-order valence-electron chi connectivity index (χ4n) is 3.14. The van der Waals surface area contributed by atoms with Crippen molar-refractivity contribution < 1.29 is 4.79 Å². The molecule has 90 valence electrons. The van der Waals surface area contributed by atoms with E-state index in [1.807, 2.05) is 23.1 Å². The molecule has 1 aromatic rings. The first-order chi connectivity index (χ1) is 8.34. The van der Waals surface area contributed by atoms with E-state index >= 15 is 0 Å². The summed E-state index contributed by atoms with van der Waals surface area (Å²) in [5.74, 6) is 0.980. The third-order valence-electron chi connectivity index (χ3n) is 4.10. The van der Waals surface area contributed by atoms with Gasteiger partial charge in [0.1, 0.15) is 0 Å². The van der Waals surface area contributed by atoms with E-state index in [0.717, 1.165) is 24.6 Å². The van der Waals surface area contributed by atoms with Crippen LogP contribution in [0.5, 0.6) is 0 Å². The molecule has 0 atom stereocenters. The van der Waals surface area contributed by atoms with Crippen LogP contribution in [0.2, 0.25) is 0 Å². The molecule has 1 fully saturated rings. The summed E-state index contributed by atoms with van der Waals surface area (Å²) in [5.41, 5.74) is 2.12. The molecule has 2 aliphatic rings. The number of hydrogen-bond donors (Lipinski definition) is 0. The number of fused-ring (bicyclic) bond motifs is 1. The van der Waals surface area contributed by atoms with Crippen molar-refractivity contribution in [3.63, 3.8) is 0 Å². The Hall–Kier alpha value is -1.31. The van der Waals surface area contributed by atoms with Crippen molar-refractivity contribution in [3.05, 3.63) is 35.4 Å². The standard InChI is InChI=1S/C15H19NO/c17-15-14-9-5-4-8-13(14)11-16(15)10-12-6-2-1-3-7-12/h4-5,8-9,12H,1-3,6-7,10-11H2. The summed E-state index contributed by atoms with van der Waals surface area (Å²) in [6.07, 6.45) is 6.68. The van der Waals surface area contributed by atoms with Gasteiger partial charge in [-0.2, -0.15) is 0 Å². The minimum Gasteiger partial charge on any atom is -0.334 e. The molecule has 0 unspecified atom stereocenters. The normalized spacial score (nSPS) is 20.7. The van der Waals surface area contributed by atoms with Crippen molar-refractivity contribution in [2.24, 2.45) is 5.92 Å². The van der Waals surface area contributed by atoms with Crippen LogP contribution in [-0.2, 0) is 6.54 Å². The first-order valence-corrected chi connectivity index (χ1v) is 6.72. The smallest absolute Gasteiger partial charge is 0.254 e. The van der Waals surface area contributed by atoms with Crippen molar-refractivity contribution >= 4 is 5.91 Å². The predicted molar refractivity (Wildman–Crippen MR) is 67.8 cm³/mol. The lowest BCUT2D eigenvalue weighted by Gasteiger charge is -2.26. The largest absolute Gasteiger partial charge is 0.334 e. The summed E-state index contributed by atoms with van der Waals surface area (Å²) in [7, 11) is 0. The topological polar surface area (TPSA) is 20.3 Å². The first kappa shape index (κ1) is 10.8. The molecule has 17 heavy (non-hydrogen) atoms. The van der Waals surface area contributed by atoms with Gasteiger partial charge in [0, 0.05) is 18.7 Å². The van der Waals surface area contributed by atoms with Crippen molar-refractivity contribution in [1.29, 1.82) is 0 Å². The van der Waals surface area contributed by atoms with Crippen LogP contribution >= 0.6 is 0 Å². The second-order valence-corrected chi connectivity index (χ2v) is 5.35. The molecule has 0 bridgehead atoms. The molecule has 1 amide bonds. The monoisotopic (exact) mass is 229 g/mol. The highest BCUT2D eigenvalue weighted by molar-refractivity contribution is 5.98. The van der Waals surface area contributed by atoms with Gasteiger partial charge in [-0.25, -0.2) is 0 Å². The quantitative estimate of drug-likeness (QED) is 0.762. The van der Waals surface area contributed by atoms with E-state index in [-0.39, 0.29) is 5.91 Å². The molecule has 2 heteroatoms. The van der Waals surface area contributed by atoms with E-state index in [1.165, 1.54) is 37.7 Å². The van der Waals surface area contributed by atoms with Crippen molar-refractivity contribution in [2.75, 3.05) is 6.54 Å². The van der Waals surface area contributed by atoms with Crippen LogP contribution in [-0.4, -0.2) is 17.4 Å². The Morgan fingerprint density at radius 2 is 1.88 bits per heavy atom. The van der Waals surface area contributed by atoms with Gasteiger partial charge >= 0.3 is 0 Å². The zero-order valence-corrected chi connectivity index (χ0v) is 10.2. The van der Waals surface area contributed by atoms with Crippen LogP contribution in [0.3, 0.4) is 0 Å². The van der Waals surface area contributed by atoms with Gasteiger partial charge in [0.15, 0.2) is 0 Å². The number of rotatable bonds is 2.